The van der Waals surface area contributed by atoms with E-state index in [2.05, 4.69) is 4.99 Å². The number of furan rings is 1. The monoisotopic (exact) mass is 439 g/mol. The predicted molar refractivity (Wildman–Crippen MR) is 113 cm³/mol. The van der Waals surface area contributed by atoms with Crippen LogP contribution in [-0.4, -0.2) is 22.1 Å². The second-order valence-corrected chi connectivity index (χ2v) is 7.66. The predicted octanol–water partition coefficient (Wildman–Crippen LogP) is 2.41. The van der Waals surface area contributed by atoms with Crippen LogP contribution in [0.2, 0.25) is 0 Å². The molecule has 4 rings (SSSR count). The minimum absolute atomic E-state index is 0.116. The van der Waals surface area contributed by atoms with Gasteiger partial charge < -0.3 is 9.15 Å². The molecular formula is C21H17N3O6S. The first-order chi connectivity index (χ1) is 14.9. The summed E-state index contributed by atoms with van der Waals surface area (Å²) in [6.45, 7) is 3.45. The molecule has 0 bridgehead atoms. The van der Waals surface area contributed by atoms with Crippen molar-refractivity contribution >= 4 is 34.8 Å². The lowest BCUT2D eigenvalue weighted by Gasteiger charge is -2.22. The molecule has 0 saturated heterocycles. The lowest BCUT2D eigenvalue weighted by Crippen LogP contribution is -2.35. The van der Waals surface area contributed by atoms with E-state index in [4.69, 9.17) is 9.15 Å². The highest BCUT2D eigenvalue weighted by atomic mass is 32.1. The number of thiazole rings is 1. The standard InChI is InChI=1S/C21H17N3O6S/c1-3-29-20(26)17-12(2)23-19(25)16(11-15-8-5-9-30-15)31-21(23)22-18(17)13-6-4-7-14(10-13)24(27)28/h4-11,18H,3H2,1-2H3/b16-11+/t18-/m1/s1. The summed E-state index contributed by atoms with van der Waals surface area (Å²) in [5.74, 6) is -0.112. The highest BCUT2D eigenvalue weighted by Gasteiger charge is 2.32. The minimum Gasteiger partial charge on any atom is -0.465 e. The number of fused-ring (bicyclic) bond motifs is 1. The van der Waals surface area contributed by atoms with Crippen molar-refractivity contribution in [3.8, 4) is 0 Å². The van der Waals surface area contributed by atoms with Gasteiger partial charge in [0.2, 0.25) is 0 Å². The van der Waals surface area contributed by atoms with Crippen molar-refractivity contribution in [2.45, 2.75) is 19.9 Å². The van der Waals surface area contributed by atoms with Crippen molar-refractivity contribution in [3.63, 3.8) is 0 Å². The van der Waals surface area contributed by atoms with Crippen LogP contribution in [0.15, 0.2) is 62.4 Å². The Morgan fingerprint density at radius 3 is 2.87 bits per heavy atom. The number of nitro groups is 1. The van der Waals surface area contributed by atoms with E-state index >= 15 is 0 Å². The van der Waals surface area contributed by atoms with Crippen LogP contribution < -0.4 is 14.9 Å². The molecule has 1 aromatic carbocycles. The number of allylic oxidation sites excluding steroid dienone is 1. The average Bonchev–Trinajstić information content (AvgIpc) is 3.36. The second-order valence-electron chi connectivity index (χ2n) is 6.65. The first-order valence-electron chi connectivity index (χ1n) is 9.38. The third-order valence-corrected chi connectivity index (χ3v) is 5.74. The van der Waals surface area contributed by atoms with Crippen LogP contribution in [0.25, 0.3) is 11.8 Å². The van der Waals surface area contributed by atoms with Gasteiger partial charge in [0.1, 0.15) is 16.3 Å². The molecule has 3 heterocycles. The largest absolute Gasteiger partial charge is 0.465 e. The zero-order valence-corrected chi connectivity index (χ0v) is 17.4. The maximum absolute atomic E-state index is 13.0. The van der Waals surface area contributed by atoms with E-state index in [1.165, 1.54) is 29.0 Å². The van der Waals surface area contributed by atoms with E-state index in [1.54, 1.807) is 38.1 Å². The lowest BCUT2D eigenvalue weighted by atomic mass is 9.96. The molecule has 0 N–H and O–H groups in total. The van der Waals surface area contributed by atoms with Gasteiger partial charge in [-0.1, -0.05) is 23.5 Å². The Bertz CT molecular complexity index is 1380. The molecule has 1 atom stereocenters. The Balaban J connectivity index is 1.96. The Kier molecular flexibility index (Phi) is 5.38. The molecular weight excluding hydrogens is 422 g/mol. The summed E-state index contributed by atoms with van der Waals surface area (Å²) < 4.78 is 12.2. The van der Waals surface area contributed by atoms with Crippen molar-refractivity contribution in [3.05, 3.63) is 89.4 Å². The Morgan fingerprint density at radius 1 is 1.39 bits per heavy atom. The smallest absolute Gasteiger partial charge is 0.338 e. The number of aromatic nitrogens is 1. The fourth-order valence-corrected chi connectivity index (χ4v) is 4.39. The number of rotatable bonds is 5. The number of nitrogens with zero attached hydrogens (tertiary/aromatic N) is 3. The number of non-ortho nitro benzene ring substituents is 1. The number of carbonyl (C=O) groups excluding carboxylic acids is 1. The molecule has 10 heteroatoms. The molecule has 0 fully saturated rings. The van der Waals surface area contributed by atoms with Gasteiger partial charge in [-0.3, -0.25) is 19.5 Å². The maximum atomic E-state index is 13.0. The van der Waals surface area contributed by atoms with Gasteiger partial charge >= 0.3 is 5.97 Å². The van der Waals surface area contributed by atoms with Crippen LogP contribution >= 0.6 is 11.3 Å². The van der Waals surface area contributed by atoms with Gasteiger partial charge in [-0.05, 0) is 31.5 Å². The average molecular weight is 439 g/mol. The highest BCUT2D eigenvalue weighted by Crippen LogP contribution is 2.33. The normalized spacial score (nSPS) is 16.1. The number of nitro benzene ring substituents is 1. The summed E-state index contributed by atoms with van der Waals surface area (Å²) >= 11 is 1.15. The molecule has 0 aliphatic carbocycles. The lowest BCUT2D eigenvalue weighted by molar-refractivity contribution is -0.384. The van der Waals surface area contributed by atoms with Gasteiger partial charge in [-0.25, -0.2) is 9.79 Å². The number of esters is 1. The number of carbonyl (C=O) groups is 1. The van der Waals surface area contributed by atoms with Gasteiger partial charge in [-0.15, -0.1) is 0 Å². The molecule has 0 unspecified atom stereocenters. The Labute approximate surface area is 179 Å². The van der Waals surface area contributed by atoms with Crippen LogP contribution in [-0.2, 0) is 9.53 Å². The van der Waals surface area contributed by atoms with Crippen LogP contribution in [0, 0.1) is 10.1 Å². The topological polar surface area (TPSA) is 117 Å². The molecule has 9 nitrogen and oxygen atoms in total. The third kappa shape index (κ3) is 3.73. The molecule has 0 amide bonds. The molecule has 0 radical (unpaired) electrons. The van der Waals surface area contributed by atoms with Gasteiger partial charge in [0, 0.05) is 23.9 Å². The van der Waals surface area contributed by atoms with Gasteiger partial charge in [0.25, 0.3) is 11.2 Å². The first-order valence-corrected chi connectivity index (χ1v) is 10.2. The summed E-state index contributed by atoms with van der Waals surface area (Å²) in [5.41, 5.74) is 0.548. The van der Waals surface area contributed by atoms with Crippen LogP contribution in [0.1, 0.15) is 31.2 Å². The van der Waals surface area contributed by atoms with Crippen LogP contribution in [0.5, 0.6) is 0 Å². The fourth-order valence-electron chi connectivity index (χ4n) is 3.37. The van der Waals surface area contributed by atoms with Crippen molar-refractivity contribution in [2.75, 3.05) is 6.61 Å². The maximum Gasteiger partial charge on any atom is 0.338 e. The van der Waals surface area contributed by atoms with E-state index in [1.807, 2.05) is 0 Å². The van der Waals surface area contributed by atoms with E-state index in [9.17, 15) is 19.7 Å². The summed E-state index contributed by atoms with van der Waals surface area (Å²) in [6, 6.07) is 8.52. The van der Waals surface area contributed by atoms with Crippen LogP contribution in [0.3, 0.4) is 0 Å². The fraction of sp³-hybridized carbons (Fsp3) is 0.190. The number of hydrogen-bond donors (Lipinski definition) is 0. The summed E-state index contributed by atoms with van der Waals surface area (Å²) in [6.07, 6.45) is 3.11. The second kappa shape index (κ2) is 8.15. The quantitative estimate of drug-likeness (QED) is 0.342. The molecule has 158 valence electrons. The number of ether oxygens (including phenoxy) is 1. The first kappa shape index (κ1) is 20.5. The van der Waals surface area contributed by atoms with E-state index in [-0.39, 0.29) is 23.4 Å². The SMILES string of the molecule is CCOC(=O)C1=C(C)n2c(s/c(=C/c3ccco3)c2=O)=N[C@@H]1c1cccc([N+](=O)[O-])c1. The van der Waals surface area contributed by atoms with Gasteiger partial charge in [-0.2, -0.15) is 0 Å². The molecule has 0 spiro atoms. The molecule has 1 aliphatic rings. The molecule has 31 heavy (non-hydrogen) atoms. The Morgan fingerprint density at radius 2 is 2.19 bits per heavy atom. The van der Waals surface area contributed by atoms with Crippen molar-refractivity contribution in [1.82, 2.24) is 4.57 Å². The van der Waals surface area contributed by atoms with Crippen molar-refractivity contribution in [1.29, 1.82) is 0 Å². The summed E-state index contributed by atoms with van der Waals surface area (Å²) in [5, 5.41) is 11.2. The van der Waals surface area contributed by atoms with Crippen LogP contribution in [0.4, 0.5) is 5.69 Å². The molecule has 0 saturated carbocycles. The Hall–Kier alpha value is -3.79. The zero-order chi connectivity index (χ0) is 22.1. The summed E-state index contributed by atoms with van der Waals surface area (Å²) in [4.78, 5) is 41.5. The van der Waals surface area contributed by atoms with Gasteiger partial charge in [0.15, 0.2) is 4.80 Å². The third-order valence-electron chi connectivity index (χ3n) is 4.75. The zero-order valence-electron chi connectivity index (χ0n) is 16.6. The van der Waals surface area contributed by atoms with Crippen molar-refractivity contribution < 1.29 is 18.9 Å². The molecule has 2 aromatic heterocycles. The van der Waals surface area contributed by atoms with E-state index in [0.29, 0.717) is 26.4 Å². The minimum atomic E-state index is -0.839. The highest BCUT2D eigenvalue weighted by molar-refractivity contribution is 7.07. The molecule has 1 aliphatic heterocycles. The van der Waals surface area contributed by atoms with Gasteiger partial charge in [0.05, 0.1) is 23.4 Å². The van der Waals surface area contributed by atoms with E-state index < -0.39 is 16.9 Å². The number of benzene rings is 1. The number of hydrogen-bond acceptors (Lipinski definition) is 8. The van der Waals surface area contributed by atoms with E-state index in [0.717, 1.165) is 11.3 Å². The van der Waals surface area contributed by atoms with Crippen molar-refractivity contribution in [2.24, 2.45) is 4.99 Å². The molecule has 3 aromatic rings. The summed E-state index contributed by atoms with van der Waals surface area (Å²) in [7, 11) is 0.